The van der Waals surface area contributed by atoms with Crippen LogP contribution in [0, 0.1) is 0 Å². The van der Waals surface area contributed by atoms with E-state index in [9.17, 15) is 9.59 Å². The number of amides is 1. The fraction of sp³-hybridized carbons (Fsp3) is 0.273. The Labute approximate surface area is 94.1 Å². The van der Waals surface area contributed by atoms with Gasteiger partial charge in [0.25, 0.3) is 0 Å². The fourth-order valence-electron chi connectivity index (χ4n) is 1.26. The summed E-state index contributed by atoms with van der Waals surface area (Å²) < 4.78 is 6.81. The molecule has 0 fully saturated rings. The number of benzene rings is 1. The highest BCUT2D eigenvalue weighted by Crippen LogP contribution is 2.11. The summed E-state index contributed by atoms with van der Waals surface area (Å²) in [6, 6.07) is 4.99. The molecule has 0 radical (unpaired) electrons. The summed E-state index contributed by atoms with van der Waals surface area (Å²) in [5.41, 5.74) is 0.681. The minimum absolute atomic E-state index is 0.0934. The van der Waals surface area contributed by atoms with Crippen molar-refractivity contribution < 1.29 is 21.2 Å². The molecule has 0 aromatic heterocycles. The van der Waals surface area contributed by atoms with Gasteiger partial charge in [0.2, 0.25) is 5.91 Å². The third-order valence-electron chi connectivity index (χ3n) is 2.01. The summed E-state index contributed by atoms with van der Waals surface area (Å²) >= 11 is 0. The maximum atomic E-state index is 11.0. The highest BCUT2D eigenvalue weighted by atomic mass is 16.4. The number of hydrogen-bond donors (Lipinski definition) is 3. The molecule has 0 unspecified atom stereocenters. The first-order valence-corrected chi connectivity index (χ1v) is 4.62. The molecule has 0 saturated heterocycles. The molecule has 0 spiro atoms. The van der Waals surface area contributed by atoms with Crippen molar-refractivity contribution in [1.82, 2.24) is 5.32 Å². The quantitative estimate of drug-likeness (QED) is 0.696. The SMILES string of the molecule is [2H]CC(=O)N[C@@H](Cc1ccc(O)cc1)C(=O)O. The molecular formula is C11H13NO4. The largest absolute Gasteiger partial charge is 0.508 e. The summed E-state index contributed by atoms with van der Waals surface area (Å²) in [5, 5.41) is 20.2. The molecule has 1 aromatic rings. The van der Waals surface area contributed by atoms with E-state index in [0.717, 1.165) is 0 Å². The van der Waals surface area contributed by atoms with E-state index in [1.807, 2.05) is 0 Å². The number of carbonyl (C=O) groups excluding carboxylic acids is 1. The summed E-state index contributed by atoms with van der Waals surface area (Å²) in [6.07, 6.45) is 0.112. The van der Waals surface area contributed by atoms with Gasteiger partial charge < -0.3 is 15.5 Å². The first kappa shape index (κ1) is 10.5. The summed E-state index contributed by atoms with van der Waals surface area (Å²) in [7, 11) is 0. The third-order valence-corrected chi connectivity index (χ3v) is 2.01. The first-order chi connectivity index (χ1) is 8.02. The van der Waals surface area contributed by atoms with Crippen LogP contribution in [0.5, 0.6) is 5.75 Å². The van der Waals surface area contributed by atoms with Gasteiger partial charge in [0.05, 0.1) is 0 Å². The van der Waals surface area contributed by atoms with Crippen molar-refractivity contribution in [2.45, 2.75) is 19.4 Å². The number of nitrogens with one attached hydrogen (secondary N) is 1. The van der Waals surface area contributed by atoms with Gasteiger partial charge in [0, 0.05) is 14.7 Å². The third kappa shape index (κ3) is 3.61. The number of carboxylic acid groups (broad SMARTS) is 1. The second-order valence-corrected chi connectivity index (χ2v) is 3.33. The van der Waals surface area contributed by atoms with E-state index in [-0.39, 0.29) is 12.2 Å². The molecule has 0 aliphatic heterocycles. The predicted molar refractivity (Wildman–Crippen MR) is 57.1 cm³/mol. The monoisotopic (exact) mass is 224 g/mol. The molecule has 1 atom stereocenters. The second kappa shape index (κ2) is 5.16. The van der Waals surface area contributed by atoms with Crippen molar-refractivity contribution in [3.63, 3.8) is 0 Å². The Morgan fingerprint density at radius 3 is 2.56 bits per heavy atom. The number of phenols is 1. The number of aromatic hydroxyl groups is 1. The van der Waals surface area contributed by atoms with E-state index in [1.165, 1.54) is 12.1 Å². The van der Waals surface area contributed by atoms with Gasteiger partial charge in [0.1, 0.15) is 11.8 Å². The molecule has 0 aliphatic carbocycles. The van der Waals surface area contributed by atoms with E-state index in [2.05, 4.69) is 5.32 Å². The van der Waals surface area contributed by atoms with Gasteiger partial charge in [-0.2, -0.15) is 0 Å². The highest BCUT2D eigenvalue weighted by molar-refractivity contribution is 5.82. The normalized spacial score (nSPS) is 12.6. The van der Waals surface area contributed by atoms with Crippen molar-refractivity contribution in [1.29, 1.82) is 0 Å². The molecule has 86 valence electrons. The molecule has 1 rings (SSSR count). The molecule has 16 heavy (non-hydrogen) atoms. The number of carbonyl (C=O) groups is 2. The Balaban J connectivity index is 2.70. The number of rotatable bonds is 4. The van der Waals surface area contributed by atoms with Crippen molar-refractivity contribution >= 4 is 11.9 Å². The number of phenolic OH excluding ortho intramolecular Hbond substituents is 1. The lowest BCUT2D eigenvalue weighted by Gasteiger charge is -2.13. The summed E-state index contributed by atoms with van der Waals surface area (Å²) in [5.74, 6) is -1.69. The van der Waals surface area contributed by atoms with Crippen LogP contribution in [0.25, 0.3) is 0 Å². The van der Waals surface area contributed by atoms with E-state index in [1.54, 1.807) is 12.1 Å². The number of carboxylic acids is 1. The topological polar surface area (TPSA) is 86.6 Å². The lowest BCUT2D eigenvalue weighted by Crippen LogP contribution is -2.41. The zero-order valence-corrected chi connectivity index (χ0v) is 8.51. The Kier molecular flexibility index (Phi) is 3.38. The van der Waals surface area contributed by atoms with Crippen LogP contribution in [0.2, 0.25) is 0 Å². The van der Waals surface area contributed by atoms with Crippen LogP contribution in [0.1, 0.15) is 13.8 Å². The average Bonchev–Trinajstić information content (AvgIpc) is 2.30. The maximum absolute atomic E-state index is 11.0. The van der Waals surface area contributed by atoms with Gasteiger partial charge in [0.15, 0.2) is 0 Å². The molecule has 5 heteroatoms. The molecule has 5 nitrogen and oxygen atoms in total. The van der Waals surface area contributed by atoms with Gasteiger partial charge >= 0.3 is 5.97 Å². The first-order valence-electron chi connectivity index (χ1n) is 5.33. The smallest absolute Gasteiger partial charge is 0.326 e. The van der Waals surface area contributed by atoms with Crippen LogP contribution >= 0.6 is 0 Å². The Morgan fingerprint density at radius 2 is 2.06 bits per heavy atom. The molecule has 1 amide bonds. The van der Waals surface area contributed by atoms with Crippen LogP contribution in [-0.2, 0) is 16.0 Å². The van der Waals surface area contributed by atoms with Gasteiger partial charge in [-0.05, 0) is 17.7 Å². The van der Waals surface area contributed by atoms with E-state index < -0.39 is 24.8 Å². The molecule has 3 N–H and O–H groups in total. The molecule has 0 bridgehead atoms. The van der Waals surface area contributed by atoms with Gasteiger partial charge in [-0.1, -0.05) is 12.1 Å². The van der Waals surface area contributed by atoms with Crippen molar-refractivity contribution in [2.24, 2.45) is 0 Å². The minimum atomic E-state index is -1.15. The van der Waals surface area contributed by atoms with Crippen LogP contribution < -0.4 is 5.32 Å². The number of aliphatic carboxylic acids is 1. The van der Waals surface area contributed by atoms with Crippen molar-refractivity contribution in [3.05, 3.63) is 29.8 Å². The minimum Gasteiger partial charge on any atom is -0.508 e. The van der Waals surface area contributed by atoms with Crippen LogP contribution in [-0.4, -0.2) is 28.1 Å². The second-order valence-electron chi connectivity index (χ2n) is 3.33. The van der Waals surface area contributed by atoms with E-state index in [4.69, 9.17) is 11.6 Å². The van der Waals surface area contributed by atoms with Crippen LogP contribution in [0.15, 0.2) is 24.3 Å². The summed E-state index contributed by atoms with van der Waals surface area (Å²) in [4.78, 5) is 21.9. The number of hydrogen-bond acceptors (Lipinski definition) is 3. The molecule has 1 aromatic carbocycles. The molecule has 0 heterocycles. The summed E-state index contributed by atoms with van der Waals surface area (Å²) in [6.45, 7) is -0.501. The molecular weight excluding hydrogens is 210 g/mol. The fourth-order valence-corrected chi connectivity index (χ4v) is 1.26. The van der Waals surface area contributed by atoms with Crippen molar-refractivity contribution in [3.8, 4) is 5.75 Å². The Hall–Kier alpha value is -2.04. The van der Waals surface area contributed by atoms with Crippen LogP contribution in [0.4, 0.5) is 0 Å². The maximum Gasteiger partial charge on any atom is 0.326 e. The van der Waals surface area contributed by atoms with Gasteiger partial charge in [-0.25, -0.2) is 4.79 Å². The molecule has 0 saturated carbocycles. The highest BCUT2D eigenvalue weighted by Gasteiger charge is 2.18. The Morgan fingerprint density at radius 1 is 1.44 bits per heavy atom. The van der Waals surface area contributed by atoms with Crippen LogP contribution in [0.3, 0.4) is 0 Å². The lowest BCUT2D eigenvalue weighted by molar-refractivity contribution is -0.141. The lowest BCUT2D eigenvalue weighted by atomic mass is 10.1. The van der Waals surface area contributed by atoms with E-state index >= 15 is 0 Å². The van der Waals surface area contributed by atoms with E-state index in [0.29, 0.717) is 5.56 Å². The molecule has 0 aliphatic rings. The standard InChI is InChI=1S/C11H13NO4/c1-7(13)12-10(11(15)16)6-8-2-4-9(14)5-3-8/h2-5,10,14H,6H2,1H3,(H,12,13)(H,15,16)/t10-/m0/s1/i1D. The Bertz CT molecular complexity index is 404. The van der Waals surface area contributed by atoms with Gasteiger partial charge in [-0.3, -0.25) is 4.79 Å². The predicted octanol–water partition coefficient (Wildman–Crippen LogP) is 0.524. The van der Waals surface area contributed by atoms with Gasteiger partial charge in [-0.15, -0.1) is 0 Å². The zero-order chi connectivity index (χ0) is 12.8. The average molecular weight is 224 g/mol. The zero-order valence-electron chi connectivity index (χ0n) is 9.51. The van der Waals surface area contributed by atoms with Crippen molar-refractivity contribution in [2.75, 3.05) is 0 Å².